The molecule has 1 aliphatic carbocycles. The molecule has 0 saturated heterocycles. The molecule has 0 bridgehead atoms. The van der Waals surface area contributed by atoms with Gasteiger partial charge in [0.2, 0.25) is 0 Å². The van der Waals surface area contributed by atoms with E-state index in [4.69, 9.17) is 0 Å². The minimum absolute atomic E-state index is 0.0528. The van der Waals surface area contributed by atoms with Crippen LogP contribution in [0.3, 0.4) is 0 Å². The van der Waals surface area contributed by atoms with Gasteiger partial charge in [0.15, 0.2) is 0 Å². The molecule has 1 saturated carbocycles. The van der Waals surface area contributed by atoms with Crippen molar-refractivity contribution in [1.29, 1.82) is 0 Å². The van der Waals surface area contributed by atoms with E-state index in [2.05, 4.69) is 19.2 Å². The Kier molecular flexibility index (Phi) is 8.70. The quantitative estimate of drug-likeness (QED) is 0.613. The molecule has 3 unspecified atom stereocenters. The Balaban J connectivity index is 2.00. The van der Waals surface area contributed by atoms with E-state index in [-0.39, 0.29) is 6.10 Å². The summed E-state index contributed by atoms with van der Waals surface area (Å²) in [6.07, 6.45) is 12.8. The molecule has 0 spiro atoms. The van der Waals surface area contributed by atoms with E-state index in [9.17, 15) is 5.11 Å². The minimum Gasteiger partial charge on any atom is -0.393 e. The molecule has 2 nitrogen and oxygen atoms in total. The summed E-state index contributed by atoms with van der Waals surface area (Å²) in [5.74, 6) is 0.501. The first-order valence-electron chi connectivity index (χ1n) is 8.15. The highest BCUT2D eigenvalue weighted by molar-refractivity contribution is 4.77. The van der Waals surface area contributed by atoms with Gasteiger partial charge in [0.1, 0.15) is 0 Å². The molecule has 0 aliphatic heterocycles. The van der Waals surface area contributed by atoms with Crippen LogP contribution in [0.1, 0.15) is 78.1 Å². The largest absolute Gasteiger partial charge is 0.393 e. The van der Waals surface area contributed by atoms with Gasteiger partial charge >= 0.3 is 0 Å². The topological polar surface area (TPSA) is 32.3 Å². The van der Waals surface area contributed by atoms with Crippen LogP contribution in [0.15, 0.2) is 0 Å². The van der Waals surface area contributed by atoms with E-state index in [0.29, 0.717) is 12.0 Å². The summed E-state index contributed by atoms with van der Waals surface area (Å²) in [6, 6.07) is 0.612. The molecule has 1 rings (SSSR count). The fraction of sp³-hybridized carbons (Fsp3) is 1.00. The van der Waals surface area contributed by atoms with Crippen LogP contribution in [0.25, 0.3) is 0 Å². The van der Waals surface area contributed by atoms with Gasteiger partial charge in [0, 0.05) is 12.6 Å². The molecule has 2 heteroatoms. The monoisotopic (exact) mass is 255 g/mol. The van der Waals surface area contributed by atoms with Crippen LogP contribution >= 0.6 is 0 Å². The van der Waals surface area contributed by atoms with Crippen molar-refractivity contribution in [3.05, 3.63) is 0 Å². The van der Waals surface area contributed by atoms with Gasteiger partial charge in [-0.05, 0) is 32.1 Å². The molecular formula is C16H33NO. The van der Waals surface area contributed by atoms with Crippen LogP contribution in [0, 0.1) is 5.92 Å². The molecule has 18 heavy (non-hydrogen) atoms. The first kappa shape index (κ1) is 16.0. The van der Waals surface area contributed by atoms with E-state index in [1.807, 2.05) is 0 Å². The smallest absolute Gasteiger partial charge is 0.0580 e. The molecular weight excluding hydrogens is 222 g/mol. The van der Waals surface area contributed by atoms with Gasteiger partial charge in [-0.3, -0.25) is 0 Å². The molecule has 3 atom stereocenters. The normalized spacial score (nSPS) is 26.2. The second-order valence-corrected chi connectivity index (χ2v) is 6.12. The standard InChI is InChI=1S/C16H33NO/c1-3-4-5-6-7-10-14(2)17-13-15-11-8-9-12-16(15)18/h14-18H,3-13H2,1-2H3. The lowest BCUT2D eigenvalue weighted by Gasteiger charge is -2.29. The summed E-state index contributed by atoms with van der Waals surface area (Å²) in [5.41, 5.74) is 0. The second-order valence-electron chi connectivity index (χ2n) is 6.12. The predicted octanol–water partition coefficient (Wildman–Crippen LogP) is 3.88. The van der Waals surface area contributed by atoms with Crippen molar-refractivity contribution in [2.45, 2.75) is 90.2 Å². The van der Waals surface area contributed by atoms with Crippen molar-refractivity contribution in [1.82, 2.24) is 5.32 Å². The maximum absolute atomic E-state index is 9.92. The van der Waals surface area contributed by atoms with Crippen LogP contribution in [-0.2, 0) is 0 Å². The van der Waals surface area contributed by atoms with Crippen molar-refractivity contribution in [2.75, 3.05) is 6.54 Å². The summed E-state index contributed by atoms with van der Waals surface area (Å²) in [4.78, 5) is 0. The number of unbranched alkanes of at least 4 members (excludes halogenated alkanes) is 4. The van der Waals surface area contributed by atoms with Crippen LogP contribution in [0.5, 0.6) is 0 Å². The molecule has 1 aliphatic rings. The molecule has 0 aromatic rings. The fourth-order valence-corrected chi connectivity index (χ4v) is 2.93. The maximum atomic E-state index is 9.92. The van der Waals surface area contributed by atoms with Crippen molar-refractivity contribution in [3.63, 3.8) is 0 Å². The lowest BCUT2D eigenvalue weighted by atomic mass is 9.86. The molecule has 0 radical (unpaired) electrons. The Morgan fingerprint density at radius 3 is 2.56 bits per heavy atom. The average molecular weight is 255 g/mol. The van der Waals surface area contributed by atoms with Crippen molar-refractivity contribution in [3.8, 4) is 0 Å². The first-order valence-corrected chi connectivity index (χ1v) is 8.15. The SMILES string of the molecule is CCCCCCCC(C)NCC1CCCCC1O. The van der Waals surface area contributed by atoms with E-state index >= 15 is 0 Å². The Labute approximate surface area is 114 Å². The Morgan fingerprint density at radius 1 is 1.11 bits per heavy atom. The third-order valence-electron chi connectivity index (χ3n) is 4.34. The number of rotatable bonds is 9. The highest BCUT2D eigenvalue weighted by Gasteiger charge is 2.22. The van der Waals surface area contributed by atoms with Gasteiger partial charge in [-0.15, -0.1) is 0 Å². The van der Waals surface area contributed by atoms with Gasteiger partial charge in [-0.25, -0.2) is 0 Å². The lowest BCUT2D eigenvalue weighted by molar-refractivity contribution is 0.0682. The van der Waals surface area contributed by atoms with Crippen molar-refractivity contribution >= 4 is 0 Å². The zero-order valence-corrected chi connectivity index (χ0v) is 12.5. The molecule has 0 aromatic heterocycles. The number of aliphatic hydroxyl groups is 1. The summed E-state index contributed by atoms with van der Waals surface area (Å²) in [7, 11) is 0. The lowest BCUT2D eigenvalue weighted by Crippen LogP contribution is -2.37. The zero-order valence-electron chi connectivity index (χ0n) is 12.5. The third kappa shape index (κ3) is 6.75. The highest BCUT2D eigenvalue weighted by Crippen LogP contribution is 2.23. The molecule has 0 heterocycles. The third-order valence-corrected chi connectivity index (χ3v) is 4.34. The van der Waals surface area contributed by atoms with Gasteiger partial charge in [-0.2, -0.15) is 0 Å². The summed E-state index contributed by atoms with van der Waals surface area (Å²) in [6.45, 7) is 5.56. The van der Waals surface area contributed by atoms with Crippen LogP contribution in [0.4, 0.5) is 0 Å². The molecule has 1 fully saturated rings. The van der Waals surface area contributed by atoms with E-state index in [1.165, 1.54) is 57.8 Å². The van der Waals surface area contributed by atoms with E-state index in [0.717, 1.165) is 13.0 Å². The van der Waals surface area contributed by atoms with Crippen LogP contribution < -0.4 is 5.32 Å². The second kappa shape index (κ2) is 9.80. The fourth-order valence-electron chi connectivity index (χ4n) is 2.93. The van der Waals surface area contributed by atoms with Crippen molar-refractivity contribution in [2.24, 2.45) is 5.92 Å². The van der Waals surface area contributed by atoms with Gasteiger partial charge in [0.05, 0.1) is 6.10 Å². The molecule has 0 amide bonds. The predicted molar refractivity (Wildman–Crippen MR) is 78.8 cm³/mol. The van der Waals surface area contributed by atoms with Gasteiger partial charge in [-0.1, -0.05) is 51.9 Å². The van der Waals surface area contributed by atoms with E-state index in [1.54, 1.807) is 0 Å². The van der Waals surface area contributed by atoms with Crippen molar-refractivity contribution < 1.29 is 5.11 Å². The Bertz CT molecular complexity index is 196. The molecule has 108 valence electrons. The number of hydrogen-bond acceptors (Lipinski definition) is 2. The van der Waals surface area contributed by atoms with Gasteiger partial charge < -0.3 is 10.4 Å². The number of hydrogen-bond donors (Lipinski definition) is 2. The summed E-state index contributed by atoms with van der Waals surface area (Å²) in [5, 5.41) is 13.5. The Hall–Kier alpha value is -0.0800. The molecule has 0 aromatic carbocycles. The first-order chi connectivity index (χ1) is 8.74. The highest BCUT2D eigenvalue weighted by atomic mass is 16.3. The average Bonchev–Trinajstić information content (AvgIpc) is 2.37. The zero-order chi connectivity index (χ0) is 13.2. The molecule has 2 N–H and O–H groups in total. The minimum atomic E-state index is -0.0528. The summed E-state index contributed by atoms with van der Waals surface area (Å²) >= 11 is 0. The number of aliphatic hydroxyl groups excluding tert-OH is 1. The van der Waals surface area contributed by atoms with Gasteiger partial charge in [0.25, 0.3) is 0 Å². The maximum Gasteiger partial charge on any atom is 0.0580 e. The Morgan fingerprint density at radius 2 is 1.83 bits per heavy atom. The number of nitrogens with one attached hydrogen (secondary N) is 1. The van der Waals surface area contributed by atoms with Crippen LogP contribution in [0.2, 0.25) is 0 Å². The van der Waals surface area contributed by atoms with Crippen LogP contribution in [-0.4, -0.2) is 23.8 Å². The summed E-state index contributed by atoms with van der Waals surface area (Å²) < 4.78 is 0. The van der Waals surface area contributed by atoms with E-state index < -0.39 is 0 Å².